The van der Waals surface area contributed by atoms with Crippen LogP contribution in [0.1, 0.15) is 23.1 Å². The van der Waals surface area contributed by atoms with Crippen molar-refractivity contribution in [2.24, 2.45) is 0 Å². The SMILES string of the molecule is Cc1cc(NC(=O)N2CC(=O)NC(=O)C2C)c(C(=O)O)[nH]1. The molecule has 0 aromatic carbocycles. The summed E-state index contributed by atoms with van der Waals surface area (Å²) in [5, 5.41) is 13.5. The van der Waals surface area contributed by atoms with Crippen LogP contribution in [0, 0.1) is 6.92 Å². The van der Waals surface area contributed by atoms with Crippen molar-refractivity contribution in [1.82, 2.24) is 15.2 Å². The summed E-state index contributed by atoms with van der Waals surface area (Å²) in [4.78, 5) is 49.6. The fourth-order valence-electron chi connectivity index (χ4n) is 2.01. The Morgan fingerprint density at radius 1 is 1.43 bits per heavy atom. The number of nitrogens with one attached hydrogen (secondary N) is 3. The maximum atomic E-state index is 12.1. The number of carboxylic acid groups (broad SMARTS) is 1. The molecule has 9 nitrogen and oxygen atoms in total. The van der Waals surface area contributed by atoms with E-state index in [-0.39, 0.29) is 17.9 Å². The largest absolute Gasteiger partial charge is 0.477 e. The van der Waals surface area contributed by atoms with Gasteiger partial charge in [-0.1, -0.05) is 0 Å². The van der Waals surface area contributed by atoms with Crippen molar-refractivity contribution >= 4 is 29.5 Å². The van der Waals surface area contributed by atoms with E-state index in [2.05, 4.69) is 15.6 Å². The normalized spacial score (nSPS) is 18.4. The van der Waals surface area contributed by atoms with Crippen LogP contribution in [0.15, 0.2) is 6.07 Å². The monoisotopic (exact) mass is 294 g/mol. The number of urea groups is 1. The Morgan fingerprint density at radius 2 is 2.10 bits per heavy atom. The first-order valence-electron chi connectivity index (χ1n) is 6.14. The van der Waals surface area contributed by atoms with Gasteiger partial charge in [0.1, 0.15) is 18.3 Å². The van der Waals surface area contributed by atoms with E-state index < -0.39 is 29.9 Å². The summed E-state index contributed by atoms with van der Waals surface area (Å²) in [6.07, 6.45) is 0. The molecule has 0 spiro atoms. The van der Waals surface area contributed by atoms with E-state index in [9.17, 15) is 19.2 Å². The minimum absolute atomic E-state index is 0.0793. The highest BCUT2D eigenvalue weighted by molar-refractivity contribution is 6.06. The standard InChI is InChI=1S/C12H14N4O5/c1-5-3-7(9(13-5)11(19)20)14-12(21)16-4-8(17)15-10(18)6(16)2/h3,6,13H,4H2,1-2H3,(H,14,21)(H,19,20)(H,15,17,18). The van der Waals surface area contributed by atoms with Crippen molar-refractivity contribution in [3.63, 3.8) is 0 Å². The summed E-state index contributed by atoms with van der Waals surface area (Å²) in [7, 11) is 0. The van der Waals surface area contributed by atoms with Gasteiger partial charge in [0.15, 0.2) is 0 Å². The van der Waals surface area contributed by atoms with Crippen LogP contribution in [0.2, 0.25) is 0 Å². The Kier molecular flexibility index (Phi) is 3.66. The fourth-order valence-corrected chi connectivity index (χ4v) is 2.01. The lowest BCUT2D eigenvalue weighted by Crippen LogP contribution is -2.59. The molecule has 0 radical (unpaired) electrons. The van der Waals surface area contributed by atoms with E-state index in [1.807, 2.05) is 0 Å². The summed E-state index contributed by atoms with van der Waals surface area (Å²) >= 11 is 0. The molecule has 1 aliphatic rings. The number of carboxylic acids is 1. The summed E-state index contributed by atoms with van der Waals surface area (Å²) in [5.74, 6) is -2.39. The number of H-pyrrole nitrogens is 1. The van der Waals surface area contributed by atoms with Crippen LogP contribution in [0.25, 0.3) is 0 Å². The highest BCUT2D eigenvalue weighted by atomic mass is 16.4. The van der Waals surface area contributed by atoms with Crippen LogP contribution < -0.4 is 10.6 Å². The topological polar surface area (TPSA) is 132 Å². The second-order valence-electron chi connectivity index (χ2n) is 4.69. The molecule has 1 saturated heterocycles. The van der Waals surface area contributed by atoms with Crippen LogP contribution in [0.3, 0.4) is 0 Å². The first-order valence-corrected chi connectivity index (χ1v) is 6.14. The molecule has 21 heavy (non-hydrogen) atoms. The number of carbonyl (C=O) groups is 4. The van der Waals surface area contributed by atoms with Crippen LogP contribution in [0.5, 0.6) is 0 Å². The summed E-state index contributed by atoms with van der Waals surface area (Å²) < 4.78 is 0. The molecule has 2 heterocycles. The van der Waals surface area contributed by atoms with E-state index in [1.54, 1.807) is 6.92 Å². The van der Waals surface area contributed by atoms with Gasteiger partial charge in [0.2, 0.25) is 11.8 Å². The first kappa shape index (κ1) is 14.6. The van der Waals surface area contributed by atoms with Crippen molar-refractivity contribution in [3.05, 3.63) is 17.5 Å². The van der Waals surface area contributed by atoms with Gasteiger partial charge in [0.05, 0.1) is 5.69 Å². The molecule has 1 fully saturated rings. The van der Waals surface area contributed by atoms with Gasteiger partial charge in [0, 0.05) is 5.69 Å². The number of imide groups is 1. The smallest absolute Gasteiger partial charge is 0.354 e. The molecular formula is C12H14N4O5. The average Bonchev–Trinajstić information content (AvgIpc) is 2.74. The molecule has 112 valence electrons. The number of piperazine rings is 1. The second-order valence-corrected chi connectivity index (χ2v) is 4.69. The first-order chi connectivity index (χ1) is 9.79. The van der Waals surface area contributed by atoms with Crippen LogP contribution in [-0.2, 0) is 9.59 Å². The minimum atomic E-state index is -1.22. The fraction of sp³-hybridized carbons (Fsp3) is 0.333. The maximum absolute atomic E-state index is 12.1. The molecule has 0 aliphatic carbocycles. The van der Waals surface area contributed by atoms with Gasteiger partial charge in [-0.15, -0.1) is 0 Å². The average molecular weight is 294 g/mol. The lowest BCUT2D eigenvalue weighted by molar-refractivity contribution is -0.137. The number of anilines is 1. The van der Waals surface area contributed by atoms with E-state index in [0.717, 1.165) is 4.90 Å². The molecule has 1 aromatic heterocycles. The number of carbonyl (C=O) groups excluding carboxylic acids is 3. The molecule has 0 bridgehead atoms. The molecule has 4 N–H and O–H groups in total. The van der Waals surface area contributed by atoms with Crippen molar-refractivity contribution < 1.29 is 24.3 Å². The van der Waals surface area contributed by atoms with Crippen molar-refractivity contribution in [2.45, 2.75) is 19.9 Å². The lowest BCUT2D eigenvalue weighted by Gasteiger charge is -2.31. The molecule has 1 atom stereocenters. The molecular weight excluding hydrogens is 280 g/mol. The summed E-state index contributed by atoms with van der Waals surface area (Å²) in [5.41, 5.74) is 0.472. The number of hydrogen-bond acceptors (Lipinski definition) is 4. The zero-order chi connectivity index (χ0) is 15.7. The lowest BCUT2D eigenvalue weighted by atomic mass is 10.2. The third kappa shape index (κ3) is 2.86. The van der Waals surface area contributed by atoms with E-state index in [0.29, 0.717) is 5.69 Å². The van der Waals surface area contributed by atoms with Gasteiger partial charge in [-0.3, -0.25) is 14.9 Å². The number of aromatic nitrogens is 1. The molecule has 9 heteroatoms. The quantitative estimate of drug-likeness (QED) is 0.565. The van der Waals surface area contributed by atoms with Crippen LogP contribution in [0.4, 0.5) is 10.5 Å². The highest BCUT2D eigenvalue weighted by Gasteiger charge is 2.34. The Hall–Kier alpha value is -2.84. The minimum Gasteiger partial charge on any atom is -0.477 e. The van der Waals surface area contributed by atoms with E-state index in [1.165, 1.54) is 13.0 Å². The molecule has 2 rings (SSSR count). The third-order valence-corrected chi connectivity index (χ3v) is 3.09. The van der Waals surface area contributed by atoms with E-state index >= 15 is 0 Å². The Labute approximate surface area is 119 Å². The van der Waals surface area contributed by atoms with Gasteiger partial charge in [-0.2, -0.15) is 0 Å². The van der Waals surface area contributed by atoms with Crippen molar-refractivity contribution in [1.29, 1.82) is 0 Å². The van der Waals surface area contributed by atoms with Gasteiger partial charge in [-0.25, -0.2) is 9.59 Å². The molecule has 0 saturated carbocycles. The Bertz CT molecular complexity index is 636. The maximum Gasteiger partial charge on any atom is 0.354 e. The van der Waals surface area contributed by atoms with Crippen molar-refractivity contribution in [3.8, 4) is 0 Å². The summed E-state index contributed by atoms with van der Waals surface area (Å²) in [6.45, 7) is 2.84. The van der Waals surface area contributed by atoms with Crippen LogP contribution >= 0.6 is 0 Å². The molecule has 4 amide bonds. The Balaban J connectivity index is 2.19. The zero-order valence-corrected chi connectivity index (χ0v) is 11.4. The molecule has 1 unspecified atom stereocenters. The number of nitrogens with zero attached hydrogens (tertiary/aromatic N) is 1. The molecule has 1 aliphatic heterocycles. The zero-order valence-electron chi connectivity index (χ0n) is 11.4. The van der Waals surface area contributed by atoms with Gasteiger partial charge >= 0.3 is 12.0 Å². The summed E-state index contributed by atoms with van der Waals surface area (Å²) in [6, 6.07) is -0.0825. The van der Waals surface area contributed by atoms with Gasteiger partial charge in [-0.05, 0) is 19.9 Å². The van der Waals surface area contributed by atoms with Gasteiger partial charge < -0.3 is 20.3 Å². The highest BCUT2D eigenvalue weighted by Crippen LogP contribution is 2.18. The Morgan fingerprint density at radius 3 is 2.71 bits per heavy atom. The third-order valence-electron chi connectivity index (χ3n) is 3.09. The number of rotatable bonds is 2. The predicted octanol–water partition coefficient (Wildman–Crippen LogP) is -0.0999. The van der Waals surface area contributed by atoms with E-state index in [4.69, 9.17) is 5.11 Å². The predicted molar refractivity (Wildman–Crippen MR) is 70.8 cm³/mol. The number of amides is 4. The van der Waals surface area contributed by atoms with Crippen LogP contribution in [-0.4, -0.2) is 51.4 Å². The number of aryl methyl sites for hydroxylation is 1. The number of aromatic amines is 1. The van der Waals surface area contributed by atoms with Gasteiger partial charge in [0.25, 0.3) is 0 Å². The second kappa shape index (κ2) is 5.27. The number of hydrogen-bond donors (Lipinski definition) is 4. The number of aromatic carboxylic acids is 1. The molecule has 1 aromatic rings. The van der Waals surface area contributed by atoms with Crippen molar-refractivity contribution in [2.75, 3.05) is 11.9 Å².